The van der Waals surface area contributed by atoms with Crippen LogP contribution in [0.1, 0.15) is 17.2 Å². The van der Waals surface area contributed by atoms with Crippen LogP contribution in [0.15, 0.2) is 40.9 Å². The van der Waals surface area contributed by atoms with Crippen molar-refractivity contribution in [2.24, 2.45) is 5.73 Å². The van der Waals surface area contributed by atoms with Crippen molar-refractivity contribution in [3.05, 3.63) is 62.8 Å². The molecule has 1 unspecified atom stereocenters. The maximum absolute atomic E-state index is 13.2. The number of nitrogens with one attached hydrogen (secondary N) is 1. The first-order valence-electron chi connectivity index (χ1n) is 6.19. The van der Waals surface area contributed by atoms with Gasteiger partial charge in [-0.05, 0) is 64.3 Å². The second kappa shape index (κ2) is 6.57. The molecule has 0 bridgehead atoms. The van der Waals surface area contributed by atoms with Gasteiger partial charge >= 0.3 is 0 Å². The number of aryl methyl sites for hydroxylation is 1. The second-order valence-corrected chi connectivity index (χ2v) is 5.82. The average Bonchev–Trinajstić information content (AvgIpc) is 2.41. The number of anilines is 1. The number of nitrogens with two attached hydrogens (primary N) is 1. The molecule has 2 aromatic rings. The normalized spacial score (nSPS) is 12.2. The van der Waals surface area contributed by atoms with Crippen LogP contribution in [-0.4, -0.2) is 6.54 Å². The minimum absolute atomic E-state index is 0.0799. The zero-order chi connectivity index (χ0) is 14.7. The predicted molar refractivity (Wildman–Crippen MR) is 85.7 cm³/mol. The van der Waals surface area contributed by atoms with E-state index in [1.54, 1.807) is 12.1 Å². The molecule has 2 rings (SSSR count). The molecule has 0 saturated carbocycles. The predicted octanol–water partition coefficient (Wildman–Crippen LogP) is 4.66. The Bertz CT molecular complexity index is 619. The molecule has 20 heavy (non-hydrogen) atoms. The lowest BCUT2D eigenvalue weighted by Crippen LogP contribution is -2.21. The van der Waals surface area contributed by atoms with Crippen molar-refractivity contribution in [2.45, 2.75) is 13.0 Å². The van der Waals surface area contributed by atoms with Crippen LogP contribution in [0.25, 0.3) is 0 Å². The van der Waals surface area contributed by atoms with E-state index in [-0.39, 0.29) is 11.9 Å². The Hall–Kier alpha value is -1.10. The van der Waals surface area contributed by atoms with Gasteiger partial charge in [0, 0.05) is 16.7 Å². The molecule has 0 fully saturated rings. The van der Waals surface area contributed by atoms with Gasteiger partial charge in [-0.15, -0.1) is 0 Å². The average molecular weight is 358 g/mol. The van der Waals surface area contributed by atoms with Crippen LogP contribution >= 0.6 is 27.5 Å². The number of benzene rings is 2. The summed E-state index contributed by atoms with van der Waals surface area (Å²) >= 11 is 9.36. The van der Waals surface area contributed by atoms with E-state index >= 15 is 0 Å². The minimum Gasteiger partial charge on any atom is -0.377 e. The van der Waals surface area contributed by atoms with Gasteiger partial charge in [0.1, 0.15) is 5.82 Å². The van der Waals surface area contributed by atoms with Gasteiger partial charge in [0.15, 0.2) is 0 Å². The van der Waals surface area contributed by atoms with Crippen LogP contribution in [0.5, 0.6) is 0 Å². The maximum Gasteiger partial charge on any atom is 0.123 e. The zero-order valence-corrected chi connectivity index (χ0v) is 13.3. The topological polar surface area (TPSA) is 38.0 Å². The Morgan fingerprint density at radius 1 is 1.30 bits per heavy atom. The molecule has 106 valence electrons. The van der Waals surface area contributed by atoms with Crippen LogP contribution in [0.4, 0.5) is 10.1 Å². The third-order valence-corrected chi connectivity index (χ3v) is 4.32. The molecule has 2 aromatic carbocycles. The van der Waals surface area contributed by atoms with Crippen molar-refractivity contribution in [3.8, 4) is 0 Å². The largest absolute Gasteiger partial charge is 0.377 e. The molecule has 0 radical (unpaired) electrons. The number of halogens is 3. The fraction of sp³-hybridized carbons (Fsp3) is 0.200. The minimum atomic E-state index is -0.240. The van der Waals surface area contributed by atoms with Crippen LogP contribution in [0, 0.1) is 12.7 Å². The SMILES string of the molecule is Cc1cc(F)ccc1C(CN)Nc1ccc(Cl)c(Br)c1. The van der Waals surface area contributed by atoms with Gasteiger partial charge in [-0.3, -0.25) is 0 Å². The van der Waals surface area contributed by atoms with Crippen molar-refractivity contribution in [3.63, 3.8) is 0 Å². The molecule has 3 N–H and O–H groups in total. The van der Waals surface area contributed by atoms with E-state index in [0.717, 1.165) is 21.3 Å². The first-order chi connectivity index (χ1) is 9.51. The van der Waals surface area contributed by atoms with Gasteiger partial charge in [0.05, 0.1) is 11.1 Å². The molecule has 2 nitrogen and oxygen atoms in total. The van der Waals surface area contributed by atoms with Crippen molar-refractivity contribution in [1.29, 1.82) is 0 Å². The highest BCUT2D eigenvalue weighted by molar-refractivity contribution is 9.10. The third kappa shape index (κ3) is 3.51. The Balaban J connectivity index is 2.26. The maximum atomic E-state index is 13.2. The van der Waals surface area contributed by atoms with E-state index in [0.29, 0.717) is 11.6 Å². The fourth-order valence-corrected chi connectivity index (χ4v) is 2.58. The number of hydrogen-bond donors (Lipinski definition) is 2. The first-order valence-corrected chi connectivity index (χ1v) is 7.36. The van der Waals surface area contributed by atoms with Gasteiger partial charge in [-0.25, -0.2) is 4.39 Å². The Kier molecular flexibility index (Phi) is 5.02. The molecule has 1 atom stereocenters. The van der Waals surface area contributed by atoms with Crippen LogP contribution in [0.3, 0.4) is 0 Å². The molecule has 0 aliphatic carbocycles. The van der Waals surface area contributed by atoms with E-state index in [4.69, 9.17) is 17.3 Å². The quantitative estimate of drug-likeness (QED) is 0.835. The summed E-state index contributed by atoms with van der Waals surface area (Å²) in [5.41, 5.74) is 8.60. The molecule has 0 spiro atoms. The highest BCUT2D eigenvalue weighted by Gasteiger charge is 2.13. The molecule has 0 amide bonds. The smallest absolute Gasteiger partial charge is 0.123 e. The summed E-state index contributed by atoms with van der Waals surface area (Å²) in [6.07, 6.45) is 0. The molecule has 5 heteroatoms. The van der Waals surface area contributed by atoms with Gasteiger partial charge in [0.25, 0.3) is 0 Å². The Labute approximate surface area is 131 Å². The molecule has 0 aliphatic rings. The zero-order valence-electron chi connectivity index (χ0n) is 11.0. The standard InChI is InChI=1S/C15H15BrClFN2/c1-9-6-10(18)2-4-12(9)15(8-19)20-11-3-5-14(17)13(16)7-11/h2-7,15,20H,8,19H2,1H3. The monoisotopic (exact) mass is 356 g/mol. The van der Waals surface area contributed by atoms with E-state index in [1.807, 2.05) is 19.1 Å². The summed E-state index contributed by atoms with van der Waals surface area (Å²) in [7, 11) is 0. The highest BCUT2D eigenvalue weighted by Crippen LogP contribution is 2.28. The molecule has 0 aromatic heterocycles. The summed E-state index contributed by atoms with van der Waals surface area (Å²) < 4.78 is 14.0. The molecular weight excluding hydrogens is 343 g/mol. The van der Waals surface area contributed by atoms with Crippen molar-refractivity contribution >= 4 is 33.2 Å². The Morgan fingerprint density at radius 2 is 2.05 bits per heavy atom. The number of rotatable bonds is 4. The fourth-order valence-electron chi connectivity index (χ4n) is 2.08. The van der Waals surface area contributed by atoms with Gasteiger partial charge in [-0.2, -0.15) is 0 Å². The highest BCUT2D eigenvalue weighted by atomic mass is 79.9. The lowest BCUT2D eigenvalue weighted by atomic mass is 10.0. The summed E-state index contributed by atoms with van der Waals surface area (Å²) in [6.45, 7) is 2.28. The van der Waals surface area contributed by atoms with Crippen molar-refractivity contribution in [1.82, 2.24) is 0 Å². The first kappa shape index (κ1) is 15.3. The number of hydrogen-bond acceptors (Lipinski definition) is 2. The van der Waals surface area contributed by atoms with Gasteiger partial charge < -0.3 is 11.1 Å². The Morgan fingerprint density at radius 3 is 2.65 bits per heavy atom. The van der Waals surface area contributed by atoms with Crippen LogP contribution in [-0.2, 0) is 0 Å². The molecule has 0 aliphatic heterocycles. The summed E-state index contributed by atoms with van der Waals surface area (Å²) in [4.78, 5) is 0. The second-order valence-electron chi connectivity index (χ2n) is 4.56. The van der Waals surface area contributed by atoms with E-state index in [2.05, 4.69) is 21.2 Å². The van der Waals surface area contributed by atoms with Crippen molar-refractivity contribution in [2.75, 3.05) is 11.9 Å². The molecule has 0 heterocycles. The van der Waals surface area contributed by atoms with Crippen molar-refractivity contribution < 1.29 is 4.39 Å². The van der Waals surface area contributed by atoms with E-state index in [1.165, 1.54) is 12.1 Å². The van der Waals surface area contributed by atoms with Crippen LogP contribution < -0.4 is 11.1 Å². The summed E-state index contributed by atoms with van der Waals surface area (Å²) in [6, 6.07) is 10.2. The van der Waals surface area contributed by atoms with E-state index in [9.17, 15) is 4.39 Å². The molecule has 0 saturated heterocycles. The molecular formula is C15H15BrClFN2. The van der Waals surface area contributed by atoms with Gasteiger partial charge in [0.2, 0.25) is 0 Å². The summed E-state index contributed by atoms with van der Waals surface area (Å²) in [5.74, 6) is -0.240. The lowest BCUT2D eigenvalue weighted by Gasteiger charge is -2.21. The third-order valence-electron chi connectivity index (χ3n) is 3.10. The van der Waals surface area contributed by atoms with Crippen LogP contribution in [0.2, 0.25) is 5.02 Å². The summed E-state index contributed by atoms with van der Waals surface area (Å²) in [5, 5.41) is 3.99. The van der Waals surface area contributed by atoms with Gasteiger partial charge in [-0.1, -0.05) is 17.7 Å². The lowest BCUT2D eigenvalue weighted by molar-refractivity contribution is 0.624. The van der Waals surface area contributed by atoms with E-state index < -0.39 is 0 Å².